The van der Waals surface area contributed by atoms with Gasteiger partial charge in [-0.15, -0.1) is 0 Å². The fraction of sp³-hybridized carbons (Fsp3) is 0.948. The average Bonchev–Trinajstić information content (AvgIpc) is 1.11. The van der Waals surface area contributed by atoms with Gasteiger partial charge in [0.15, 0.2) is 12.2 Å². The van der Waals surface area contributed by atoms with Crippen molar-refractivity contribution in [3.05, 3.63) is 0 Å². The maximum Gasteiger partial charge on any atom is 0.472 e. The molecule has 3 unspecified atom stereocenters. The summed E-state index contributed by atoms with van der Waals surface area (Å²) >= 11 is 0. The van der Waals surface area contributed by atoms with Gasteiger partial charge >= 0.3 is 39.5 Å². The van der Waals surface area contributed by atoms with Crippen molar-refractivity contribution in [1.29, 1.82) is 0 Å². The van der Waals surface area contributed by atoms with E-state index in [4.69, 9.17) is 37.0 Å². The Kier molecular flexibility index (Phi) is 66.2. The molecule has 0 spiro atoms. The molecule has 17 nitrogen and oxygen atoms in total. The van der Waals surface area contributed by atoms with Crippen LogP contribution in [0.25, 0.3) is 0 Å². The maximum atomic E-state index is 13.1. The van der Waals surface area contributed by atoms with Crippen LogP contribution in [0, 0.1) is 17.8 Å². The van der Waals surface area contributed by atoms with Gasteiger partial charge in [-0.25, -0.2) is 9.13 Å². The summed E-state index contributed by atoms with van der Waals surface area (Å²) in [4.78, 5) is 72.9. The predicted octanol–water partition coefficient (Wildman–Crippen LogP) is 22.6. The topological polar surface area (TPSA) is 237 Å². The minimum atomic E-state index is -4.96. The van der Waals surface area contributed by atoms with E-state index in [1.54, 1.807) is 0 Å². The van der Waals surface area contributed by atoms with Crippen molar-refractivity contribution in [2.45, 2.75) is 414 Å². The molecule has 570 valence electrons. The number of hydrogen-bond donors (Lipinski definition) is 3. The highest BCUT2D eigenvalue weighted by atomic mass is 31.2. The number of aliphatic hydroxyl groups excluding tert-OH is 1. The zero-order valence-electron chi connectivity index (χ0n) is 62.8. The van der Waals surface area contributed by atoms with Crippen molar-refractivity contribution in [3.8, 4) is 0 Å². The zero-order chi connectivity index (χ0) is 70.9. The number of esters is 4. The first-order valence-corrected chi connectivity index (χ1v) is 42.9. The lowest BCUT2D eigenvalue weighted by Crippen LogP contribution is -2.30. The fourth-order valence-electron chi connectivity index (χ4n) is 11.7. The SMILES string of the molecule is CCCCCCCCCCCCC(=O)OC[C@H](COP(=O)(O)OC[C@H](O)COP(=O)(O)OC[C@@H](COC(=O)CCCCCCCCCCCCCC(C)C)OC(=O)CCCCCCCCCCCCCCCCC(C)CC)OC(=O)CCCCCCCCCCCCCC(C)C. The third kappa shape index (κ3) is 69.2. The molecule has 0 saturated heterocycles. The van der Waals surface area contributed by atoms with Gasteiger partial charge < -0.3 is 33.8 Å². The van der Waals surface area contributed by atoms with E-state index in [2.05, 4.69) is 48.5 Å². The Labute approximate surface area is 588 Å². The maximum absolute atomic E-state index is 13.1. The van der Waals surface area contributed by atoms with E-state index in [-0.39, 0.29) is 25.7 Å². The van der Waals surface area contributed by atoms with Crippen LogP contribution in [0.15, 0.2) is 0 Å². The van der Waals surface area contributed by atoms with Crippen LogP contribution in [0.4, 0.5) is 0 Å². The lowest BCUT2D eigenvalue weighted by Gasteiger charge is -2.21. The third-order valence-electron chi connectivity index (χ3n) is 18.2. The number of ether oxygens (including phenoxy) is 4. The normalized spacial score (nSPS) is 14.3. The molecule has 0 aromatic rings. The van der Waals surface area contributed by atoms with Crippen LogP contribution in [0.5, 0.6) is 0 Å². The quantitative estimate of drug-likeness (QED) is 0.0222. The first-order valence-electron chi connectivity index (χ1n) is 39.9. The first-order chi connectivity index (χ1) is 46.3. The number of phosphoric ester groups is 2. The molecule has 0 aromatic heterocycles. The highest BCUT2D eigenvalue weighted by Gasteiger charge is 2.30. The van der Waals surface area contributed by atoms with Crippen LogP contribution >= 0.6 is 15.6 Å². The molecule has 19 heteroatoms. The van der Waals surface area contributed by atoms with Gasteiger partial charge in [0.2, 0.25) is 0 Å². The molecule has 0 radical (unpaired) electrons. The van der Waals surface area contributed by atoms with Gasteiger partial charge in [0.25, 0.3) is 0 Å². The van der Waals surface area contributed by atoms with Crippen LogP contribution < -0.4 is 0 Å². The van der Waals surface area contributed by atoms with Gasteiger partial charge in [0.05, 0.1) is 26.4 Å². The lowest BCUT2D eigenvalue weighted by molar-refractivity contribution is -0.161. The largest absolute Gasteiger partial charge is 0.472 e. The Balaban J connectivity index is 5.25. The van der Waals surface area contributed by atoms with Crippen molar-refractivity contribution in [3.63, 3.8) is 0 Å². The van der Waals surface area contributed by atoms with E-state index >= 15 is 0 Å². The first kappa shape index (κ1) is 94.1. The van der Waals surface area contributed by atoms with Gasteiger partial charge in [-0.3, -0.25) is 37.3 Å². The van der Waals surface area contributed by atoms with Crippen LogP contribution in [-0.4, -0.2) is 96.7 Å². The van der Waals surface area contributed by atoms with E-state index in [0.717, 1.165) is 108 Å². The summed E-state index contributed by atoms with van der Waals surface area (Å²) in [5.41, 5.74) is 0. The molecule has 3 N–H and O–H groups in total. The summed E-state index contributed by atoms with van der Waals surface area (Å²) in [6.07, 6.45) is 53.9. The van der Waals surface area contributed by atoms with Crippen molar-refractivity contribution >= 4 is 39.5 Å². The van der Waals surface area contributed by atoms with Gasteiger partial charge in [-0.1, -0.05) is 344 Å². The summed E-state index contributed by atoms with van der Waals surface area (Å²) in [5.74, 6) is 0.267. The molecule has 0 amide bonds. The molecule has 0 aromatic carbocycles. The summed E-state index contributed by atoms with van der Waals surface area (Å²) in [7, 11) is -9.91. The van der Waals surface area contributed by atoms with Gasteiger partial charge in [-0.05, 0) is 43.4 Å². The Bertz CT molecular complexity index is 1870. The van der Waals surface area contributed by atoms with Gasteiger partial charge in [-0.2, -0.15) is 0 Å². The van der Waals surface area contributed by atoms with Crippen molar-refractivity contribution in [2.24, 2.45) is 17.8 Å². The summed E-state index contributed by atoms with van der Waals surface area (Å²) in [6.45, 7) is 12.0. The summed E-state index contributed by atoms with van der Waals surface area (Å²) < 4.78 is 68.6. The van der Waals surface area contributed by atoms with Crippen molar-refractivity contribution in [1.82, 2.24) is 0 Å². The predicted molar refractivity (Wildman–Crippen MR) is 391 cm³/mol. The van der Waals surface area contributed by atoms with Crippen LogP contribution in [-0.2, 0) is 65.4 Å². The van der Waals surface area contributed by atoms with Crippen molar-refractivity contribution in [2.75, 3.05) is 39.6 Å². The molecule has 6 atom stereocenters. The van der Waals surface area contributed by atoms with Crippen LogP contribution in [0.2, 0.25) is 0 Å². The smallest absolute Gasteiger partial charge is 0.462 e. The molecule has 96 heavy (non-hydrogen) atoms. The number of phosphoric acid groups is 2. The number of unbranched alkanes of at least 4 members (excludes halogenated alkanes) is 42. The Morgan fingerprint density at radius 2 is 0.531 bits per heavy atom. The van der Waals surface area contributed by atoms with E-state index in [1.807, 2.05) is 0 Å². The number of carbonyl (C=O) groups excluding carboxylic acids is 4. The van der Waals surface area contributed by atoms with E-state index in [1.165, 1.54) is 205 Å². The molecule has 0 saturated carbocycles. The van der Waals surface area contributed by atoms with E-state index in [0.29, 0.717) is 25.7 Å². The Morgan fingerprint density at radius 1 is 0.302 bits per heavy atom. The molecule has 0 aliphatic carbocycles. The molecular formula is C77H150O17P2. The fourth-order valence-corrected chi connectivity index (χ4v) is 13.3. The molecule has 0 heterocycles. The third-order valence-corrected chi connectivity index (χ3v) is 20.1. The molecule has 0 bridgehead atoms. The average molecular weight is 1410 g/mol. The minimum Gasteiger partial charge on any atom is -0.462 e. The van der Waals surface area contributed by atoms with Gasteiger partial charge in [0.1, 0.15) is 19.3 Å². The summed E-state index contributed by atoms with van der Waals surface area (Å²) in [5, 5.41) is 10.6. The highest BCUT2D eigenvalue weighted by molar-refractivity contribution is 7.47. The summed E-state index contributed by atoms with van der Waals surface area (Å²) in [6, 6.07) is 0. The van der Waals surface area contributed by atoms with Crippen molar-refractivity contribution < 1.29 is 80.2 Å². The minimum absolute atomic E-state index is 0.106. The molecule has 0 fully saturated rings. The van der Waals surface area contributed by atoms with E-state index in [9.17, 15) is 43.2 Å². The van der Waals surface area contributed by atoms with E-state index < -0.39 is 97.5 Å². The Morgan fingerprint density at radius 3 is 0.792 bits per heavy atom. The molecule has 0 aliphatic rings. The zero-order valence-corrected chi connectivity index (χ0v) is 64.6. The van der Waals surface area contributed by atoms with Crippen LogP contribution in [0.3, 0.4) is 0 Å². The molecule has 0 aliphatic heterocycles. The second-order valence-corrected chi connectivity index (χ2v) is 31.8. The Hall–Kier alpha value is -1.94. The number of hydrogen-bond acceptors (Lipinski definition) is 15. The second-order valence-electron chi connectivity index (χ2n) is 28.9. The second kappa shape index (κ2) is 67.5. The van der Waals surface area contributed by atoms with Crippen LogP contribution in [0.1, 0.15) is 395 Å². The lowest BCUT2D eigenvalue weighted by atomic mass is 9.99. The number of carbonyl (C=O) groups is 4. The standard InChI is InChI=1S/C77H150O17P2/c1-8-10-11-12-13-14-30-37-44-51-58-74(79)87-64-72(94-77(82)61-54-47-40-33-26-20-22-28-35-42-49-56-69(5)6)66-91-95(83,84)89-62-71(78)63-90-96(85,86)92-67-73(65-88-75(80)59-52-45-38-31-25-19-21-27-34-41-48-55-68(3)4)93-76(81)60-53-46-39-32-24-18-16-15-17-23-29-36-43-50-57-70(7)9-2/h68-73,78H,8-67H2,1-7H3,(H,83,84)(H,85,86)/t70?,71-,72+,73+/m0/s1. The highest BCUT2D eigenvalue weighted by Crippen LogP contribution is 2.45. The molecule has 0 rings (SSSR count). The van der Waals surface area contributed by atoms with Gasteiger partial charge in [0, 0.05) is 25.7 Å². The molecular weight excluding hydrogens is 1260 g/mol. The number of aliphatic hydroxyl groups is 1. The number of rotatable bonds is 75. The monoisotopic (exact) mass is 1410 g/mol.